The molecule has 1 aromatic carbocycles. The van der Waals surface area contributed by atoms with Gasteiger partial charge in [-0.2, -0.15) is 0 Å². The Hall–Kier alpha value is -2.76. The highest BCUT2D eigenvalue weighted by molar-refractivity contribution is 5.95. The van der Waals surface area contributed by atoms with Gasteiger partial charge in [0.2, 0.25) is 0 Å². The number of piperidine rings is 1. The lowest BCUT2D eigenvalue weighted by Crippen LogP contribution is -2.38. The van der Waals surface area contributed by atoms with Gasteiger partial charge in [-0.05, 0) is 43.0 Å². The number of amides is 1. The fraction of sp³-hybridized carbons (Fsp3) is 0.400. The fourth-order valence-electron chi connectivity index (χ4n) is 3.21. The number of ether oxygens (including phenoxy) is 2. The summed E-state index contributed by atoms with van der Waals surface area (Å²) in [5.41, 5.74) is 1.72. The summed E-state index contributed by atoms with van der Waals surface area (Å²) in [5.74, 6) is 1.61. The Balaban J connectivity index is 1.51. The number of hydrogen-bond acceptors (Lipinski definition) is 5. The molecule has 138 valence electrons. The van der Waals surface area contributed by atoms with Crippen molar-refractivity contribution in [3.63, 3.8) is 0 Å². The smallest absolute Gasteiger partial charge is 0.251 e. The second-order valence-electron chi connectivity index (χ2n) is 6.45. The van der Waals surface area contributed by atoms with Crippen LogP contribution >= 0.6 is 0 Å². The predicted molar refractivity (Wildman–Crippen MR) is 101 cm³/mol. The first kappa shape index (κ1) is 18.0. The van der Waals surface area contributed by atoms with Gasteiger partial charge in [0.25, 0.3) is 5.91 Å². The van der Waals surface area contributed by atoms with Crippen LogP contribution in [0.1, 0.15) is 23.2 Å². The predicted octanol–water partition coefficient (Wildman–Crippen LogP) is 2.75. The van der Waals surface area contributed by atoms with E-state index in [0.29, 0.717) is 29.5 Å². The van der Waals surface area contributed by atoms with Crippen LogP contribution in [-0.2, 0) is 0 Å². The molecule has 0 unspecified atom stereocenters. The molecule has 26 heavy (non-hydrogen) atoms. The third kappa shape index (κ3) is 4.45. The largest absolute Gasteiger partial charge is 0.497 e. The van der Waals surface area contributed by atoms with Gasteiger partial charge in [-0.15, -0.1) is 0 Å². The van der Waals surface area contributed by atoms with Crippen LogP contribution in [0.15, 0.2) is 42.7 Å². The van der Waals surface area contributed by atoms with Crippen LogP contribution in [0, 0.1) is 5.92 Å². The molecule has 1 aliphatic rings. The number of methoxy groups -OCH3 is 2. The average Bonchev–Trinajstić information content (AvgIpc) is 2.72. The van der Waals surface area contributed by atoms with E-state index in [2.05, 4.69) is 21.3 Å². The van der Waals surface area contributed by atoms with Crippen molar-refractivity contribution < 1.29 is 14.3 Å². The Morgan fingerprint density at radius 3 is 2.46 bits per heavy atom. The number of aromatic nitrogens is 1. The van der Waals surface area contributed by atoms with Crippen LogP contribution in [0.3, 0.4) is 0 Å². The molecular weight excluding hydrogens is 330 g/mol. The Bertz CT molecular complexity index is 706. The maximum Gasteiger partial charge on any atom is 0.251 e. The summed E-state index contributed by atoms with van der Waals surface area (Å²) in [5, 5.41) is 3.04. The van der Waals surface area contributed by atoms with Gasteiger partial charge in [0.1, 0.15) is 11.5 Å². The van der Waals surface area contributed by atoms with Gasteiger partial charge in [0, 0.05) is 37.5 Å². The van der Waals surface area contributed by atoms with Crippen LogP contribution in [0.2, 0.25) is 0 Å². The van der Waals surface area contributed by atoms with Gasteiger partial charge in [-0.25, -0.2) is 0 Å². The van der Waals surface area contributed by atoms with Crippen molar-refractivity contribution in [2.45, 2.75) is 12.8 Å². The SMILES string of the molecule is COc1cc(OC)cc(C(=O)NCC2CCN(c3cccnc3)CC2)c1. The summed E-state index contributed by atoms with van der Waals surface area (Å²) in [7, 11) is 3.15. The van der Waals surface area contributed by atoms with E-state index >= 15 is 0 Å². The van der Waals surface area contributed by atoms with Gasteiger partial charge in [0.05, 0.1) is 26.1 Å². The van der Waals surface area contributed by atoms with Crippen LogP contribution in [0.25, 0.3) is 0 Å². The van der Waals surface area contributed by atoms with Crippen LogP contribution in [0.5, 0.6) is 11.5 Å². The molecule has 1 fully saturated rings. The summed E-state index contributed by atoms with van der Waals surface area (Å²) < 4.78 is 10.5. The minimum absolute atomic E-state index is 0.100. The first-order valence-corrected chi connectivity index (χ1v) is 8.86. The zero-order valence-electron chi connectivity index (χ0n) is 15.3. The van der Waals surface area contributed by atoms with Crippen molar-refractivity contribution in [2.24, 2.45) is 5.92 Å². The summed E-state index contributed by atoms with van der Waals surface area (Å²) >= 11 is 0. The van der Waals surface area contributed by atoms with Gasteiger partial charge >= 0.3 is 0 Å². The van der Waals surface area contributed by atoms with E-state index in [1.54, 1.807) is 38.6 Å². The van der Waals surface area contributed by atoms with Gasteiger partial charge in [-0.3, -0.25) is 9.78 Å². The minimum Gasteiger partial charge on any atom is -0.497 e. The van der Waals surface area contributed by atoms with E-state index in [1.807, 2.05) is 12.3 Å². The van der Waals surface area contributed by atoms with E-state index in [1.165, 1.54) is 5.69 Å². The summed E-state index contributed by atoms with van der Waals surface area (Å²) in [6.45, 7) is 2.65. The number of pyridine rings is 1. The van der Waals surface area contributed by atoms with Crippen molar-refractivity contribution in [1.82, 2.24) is 10.3 Å². The average molecular weight is 355 g/mol. The number of carbonyl (C=O) groups excluding carboxylic acids is 1. The Morgan fingerprint density at radius 2 is 1.88 bits per heavy atom. The Kier molecular flexibility index (Phi) is 5.94. The fourth-order valence-corrected chi connectivity index (χ4v) is 3.21. The molecule has 0 atom stereocenters. The molecule has 2 aromatic rings. The van der Waals surface area contributed by atoms with Crippen molar-refractivity contribution in [3.05, 3.63) is 48.3 Å². The van der Waals surface area contributed by atoms with Crippen LogP contribution < -0.4 is 19.7 Å². The molecule has 1 aromatic heterocycles. The lowest BCUT2D eigenvalue weighted by Gasteiger charge is -2.33. The molecule has 6 nitrogen and oxygen atoms in total. The van der Waals surface area contributed by atoms with Crippen molar-refractivity contribution in [2.75, 3.05) is 38.8 Å². The van der Waals surface area contributed by atoms with E-state index in [0.717, 1.165) is 25.9 Å². The Morgan fingerprint density at radius 1 is 1.19 bits per heavy atom. The maximum atomic E-state index is 12.5. The molecule has 3 rings (SSSR count). The molecule has 1 N–H and O–H groups in total. The second-order valence-corrected chi connectivity index (χ2v) is 6.45. The quantitative estimate of drug-likeness (QED) is 0.863. The lowest BCUT2D eigenvalue weighted by molar-refractivity contribution is 0.0944. The number of benzene rings is 1. The van der Waals surface area contributed by atoms with Gasteiger partial charge in [0.15, 0.2) is 0 Å². The topological polar surface area (TPSA) is 63.7 Å². The number of carbonyl (C=O) groups is 1. The van der Waals surface area contributed by atoms with E-state index < -0.39 is 0 Å². The number of anilines is 1. The standard InChI is InChI=1S/C20H25N3O3/c1-25-18-10-16(11-19(12-18)26-2)20(24)22-13-15-5-8-23(9-6-15)17-4-3-7-21-14-17/h3-4,7,10-12,14-15H,5-6,8-9,13H2,1-2H3,(H,22,24). The zero-order chi connectivity index (χ0) is 18.4. The summed E-state index contributed by atoms with van der Waals surface area (Å²) in [4.78, 5) is 19.0. The molecule has 0 bridgehead atoms. The zero-order valence-corrected chi connectivity index (χ0v) is 15.3. The second kappa shape index (κ2) is 8.56. The minimum atomic E-state index is -0.100. The third-order valence-electron chi connectivity index (χ3n) is 4.79. The van der Waals surface area contributed by atoms with Gasteiger partial charge in [-0.1, -0.05) is 0 Å². The van der Waals surface area contributed by atoms with E-state index in [-0.39, 0.29) is 5.91 Å². The normalized spacial score (nSPS) is 14.8. The molecule has 0 saturated carbocycles. The van der Waals surface area contributed by atoms with Crippen molar-refractivity contribution in [3.8, 4) is 11.5 Å². The highest BCUT2D eigenvalue weighted by atomic mass is 16.5. The first-order valence-electron chi connectivity index (χ1n) is 8.86. The first-order chi connectivity index (χ1) is 12.7. The molecule has 1 aliphatic heterocycles. The van der Waals surface area contributed by atoms with E-state index in [9.17, 15) is 4.79 Å². The van der Waals surface area contributed by atoms with Crippen molar-refractivity contribution >= 4 is 11.6 Å². The number of hydrogen-bond donors (Lipinski definition) is 1. The van der Waals surface area contributed by atoms with Crippen LogP contribution in [0.4, 0.5) is 5.69 Å². The molecule has 0 spiro atoms. The molecular formula is C20H25N3O3. The maximum absolute atomic E-state index is 12.5. The van der Waals surface area contributed by atoms with E-state index in [4.69, 9.17) is 9.47 Å². The van der Waals surface area contributed by atoms with Crippen LogP contribution in [-0.4, -0.2) is 44.7 Å². The third-order valence-corrected chi connectivity index (χ3v) is 4.79. The number of nitrogens with one attached hydrogen (secondary N) is 1. The number of nitrogens with zero attached hydrogens (tertiary/aromatic N) is 2. The van der Waals surface area contributed by atoms with Crippen molar-refractivity contribution in [1.29, 1.82) is 0 Å². The lowest BCUT2D eigenvalue weighted by atomic mass is 9.96. The molecule has 6 heteroatoms. The van der Waals surface area contributed by atoms with Gasteiger partial charge < -0.3 is 19.7 Å². The highest BCUT2D eigenvalue weighted by Gasteiger charge is 2.20. The highest BCUT2D eigenvalue weighted by Crippen LogP contribution is 2.24. The summed E-state index contributed by atoms with van der Waals surface area (Å²) in [6, 6.07) is 9.26. The summed E-state index contributed by atoms with van der Waals surface area (Å²) in [6.07, 6.45) is 5.80. The molecule has 2 heterocycles. The Labute approximate surface area is 154 Å². The monoisotopic (exact) mass is 355 g/mol. The molecule has 1 saturated heterocycles. The molecule has 0 radical (unpaired) electrons. The molecule has 0 aliphatic carbocycles. The molecule has 1 amide bonds. The number of rotatable bonds is 6.